The molecule has 0 saturated carbocycles. The van der Waals surface area contributed by atoms with Gasteiger partial charge in [-0.1, -0.05) is 42.1 Å². The van der Waals surface area contributed by atoms with Gasteiger partial charge in [-0.25, -0.2) is 0 Å². The zero-order valence-electron chi connectivity index (χ0n) is 19.5. The number of para-hydroxylation sites is 3. The second kappa shape index (κ2) is 10.2. The molecule has 178 valence electrons. The average molecular weight is 488 g/mol. The van der Waals surface area contributed by atoms with E-state index in [9.17, 15) is 4.79 Å². The van der Waals surface area contributed by atoms with Crippen molar-refractivity contribution < 1.29 is 14.3 Å². The van der Waals surface area contributed by atoms with Gasteiger partial charge in [-0.05, 0) is 42.8 Å². The first-order chi connectivity index (χ1) is 17.1. The standard InChI is InChI=1S/C26H25N5O3S/c1-18-8-3-4-10-21(18)31-25(19-9-7-13-27-14-19)28-29-26(31)35-17-24(32)30(2)15-20-16-33-22-11-5-6-12-23(22)34-20/h3-14,20H,15-17H2,1-2H3. The fourth-order valence-corrected chi connectivity index (χ4v) is 4.76. The lowest BCUT2D eigenvalue weighted by atomic mass is 10.2. The van der Waals surface area contributed by atoms with Crippen LogP contribution in [-0.2, 0) is 4.79 Å². The first-order valence-electron chi connectivity index (χ1n) is 11.3. The summed E-state index contributed by atoms with van der Waals surface area (Å²) in [5, 5.41) is 9.49. The smallest absolute Gasteiger partial charge is 0.232 e. The van der Waals surface area contributed by atoms with E-state index >= 15 is 0 Å². The second-order valence-corrected chi connectivity index (χ2v) is 9.17. The van der Waals surface area contributed by atoms with Gasteiger partial charge in [0.1, 0.15) is 6.61 Å². The SMILES string of the molecule is Cc1ccccc1-n1c(SCC(=O)N(C)CC2COc3ccccc3O2)nnc1-c1cccnc1. The van der Waals surface area contributed by atoms with Gasteiger partial charge in [-0.15, -0.1) is 10.2 Å². The number of benzene rings is 2. The van der Waals surface area contributed by atoms with Crippen LogP contribution >= 0.6 is 11.8 Å². The Bertz CT molecular complexity index is 1330. The van der Waals surface area contributed by atoms with Crippen LogP contribution in [0.25, 0.3) is 17.1 Å². The Labute approximate surface area is 207 Å². The maximum absolute atomic E-state index is 13.0. The molecule has 0 saturated heterocycles. The topological polar surface area (TPSA) is 82.4 Å². The normalized spacial score (nSPS) is 14.5. The number of rotatable bonds is 7. The van der Waals surface area contributed by atoms with E-state index in [1.165, 1.54) is 11.8 Å². The summed E-state index contributed by atoms with van der Waals surface area (Å²) in [7, 11) is 1.78. The number of thioether (sulfide) groups is 1. The van der Waals surface area contributed by atoms with E-state index < -0.39 is 0 Å². The lowest BCUT2D eigenvalue weighted by molar-refractivity contribution is -0.128. The Balaban J connectivity index is 1.30. The molecule has 1 unspecified atom stereocenters. The first-order valence-corrected chi connectivity index (χ1v) is 12.3. The highest BCUT2D eigenvalue weighted by atomic mass is 32.2. The van der Waals surface area contributed by atoms with Crippen LogP contribution in [0, 0.1) is 6.92 Å². The van der Waals surface area contributed by atoms with Crippen molar-refractivity contribution >= 4 is 17.7 Å². The highest BCUT2D eigenvalue weighted by Crippen LogP contribution is 2.31. The molecule has 5 rings (SSSR count). The molecule has 1 aliphatic rings. The lowest BCUT2D eigenvalue weighted by Crippen LogP contribution is -2.42. The van der Waals surface area contributed by atoms with E-state index in [0.29, 0.717) is 29.9 Å². The third-order valence-corrected chi connectivity index (χ3v) is 6.62. The number of hydrogen-bond acceptors (Lipinski definition) is 7. The zero-order valence-corrected chi connectivity index (χ0v) is 20.3. The second-order valence-electron chi connectivity index (χ2n) is 8.23. The first kappa shape index (κ1) is 22.9. The molecule has 1 atom stereocenters. The number of nitrogens with zero attached hydrogens (tertiary/aromatic N) is 5. The maximum atomic E-state index is 13.0. The van der Waals surface area contributed by atoms with Crippen LogP contribution in [0.3, 0.4) is 0 Å². The Morgan fingerprint density at radius 3 is 2.69 bits per heavy atom. The van der Waals surface area contributed by atoms with Crippen LogP contribution in [-0.4, -0.2) is 62.6 Å². The summed E-state index contributed by atoms with van der Waals surface area (Å²) in [6.45, 7) is 2.87. The van der Waals surface area contributed by atoms with Crippen molar-refractivity contribution in [1.82, 2.24) is 24.6 Å². The molecule has 0 radical (unpaired) electrons. The molecular weight excluding hydrogens is 462 g/mol. The monoisotopic (exact) mass is 487 g/mol. The van der Waals surface area contributed by atoms with Gasteiger partial charge in [0.05, 0.1) is 18.0 Å². The number of carbonyl (C=O) groups is 1. The van der Waals surface area contributed by atoms with Crippen LogP contribution in [0.1, 0.15) is 5.56 Å². The number of amides is 1. The number of carbonyl (C=O) groups excluding carboxylic acids is 1. The van der Waals surface area contributed by atoms with Gasteiger partial charge in [0.2, 0.25) is 5.91 Å². The van der Waals surface area contributed by atoms with E-state index in [-0.39, 0.29) is 17.8 Å². The summed E-state index contributed by atoms with van der Waals surface area (Å²) in [5.74, 6) is 2.31. The number of aromatic nitrogens is 4. The zero-order chi connectivity index (χ0) is 24.2. The van der Waals surface area contributed by atoms with Gasteiger partial charge in [-0.2, -0.15) is 0 Å². The van der Waals surface area contributed by atoms with E-state index in [0.717, 1.165) is 22.6 Å². The number of pyridine rings is 1. The van der Waals surface area contributed by atoms with Gasteiger partial charge < -0.3 is 14.4 Å². The summed E-state index contributed by atoms with van der Waals surface area (Å²) in [6, 6.07) is 19.4. The maximum Gasteiger partial charge on any atom is 0.232 e. The highest BCUT2D eigenvalue weighted by Gasteiger charge is 2.25. The van der Waals surface area contributed by atoms with Crippen molar-refractivity contribution in [2.45, 2.75) is 18.2 Å². The summed E-state index contributed by atoms with van der Waals surface area (Å²) in [6.07, 6.45) is 3.26. The van der Waals surface area contributed by atoms with Gasteiger partial charge in [0, 0.05) is 25.0 Å². The van der Waals surface area contributed by atoms with Crippen LogP contribution in [0.15, 0.2) is 78.2 Å². The minimum Gasteiger partial charge on any atom is -0.486 e. The summed E-state index contributed by atoms with van der Waals surface area (Å²) in [4.78, 5) is 18.9. The van der Waals surface area contributed by atoms with Crippen molar-refractivity contribution in [1.29, 1.82) is 0 Å². The summed E-state index contributed by atoms with van der Waals surface area (Å²) < 4.78 is 13.8. The minimum atomic E-state index is -0.225. The molecule has 1 aliphatic heterocycles. The van der Waals surface area contributed by atoms with Crippen LogP contribution in [0.2, 0.25) is 0 Å². The van der Waals surface area contributed by atoms with Crippen LogP contribution in [0.5, 0.6) is 11.5 Å². The van der Waals surface area contributed by atoms with Gasteiger partial charge in [-0.3, -0.25) is 14.3 Å². The molecule has 1 amide bonds. The average Bonchev–Trinajstić information content (AvgIpc) is 3.31. The fourth-order valence-electron chi connectivity index (χ4n) is 3.87. The molecule has 0 N–H and O–H groups in total. The van der Waals surface area contributed by atoms with Crippen LogP contribution < -0.4 is 9.47 Å². The molecule has 3 heterocycles. The van der Waals surface area contributed by atoms with Crippen molar-refractivity contribution in [2.75, 3.05) is 26.0 Å². The van der Waals surface area contributed by atoms with Gasteiger partial charge in [0.15, 0.2) is 28.6 Å². The number of fused-ring (bicyclic) bond motifs is 1. The van der Waals surface area contributed by atoms with Gasteiger partial charge >= 0.3 is 0 Å². The van der Waals surface area contributed by atoms with E-state index in [1.807, 2.05) is 72.2 Å². The highest BCUT2D eigenvalue weighted by molar-refractivity contribution is 7.99. The molecule has 2 aromatic carbocycles. The molecule has 4 aromatic rings. The fraction of sp³-hybridized carbons (Fsp3) is 0.231. The molecule has 2 aromatic heterocycles. The quantitative estimate of drug-likeness (QED) is 0.364. The van der Waals surface area contributed by atoms with E-state index in [1.54, 1.807) is 24.3 Å². The third-order valence-electron chi connectivity index (χ3n) is 5.70. The van der Waals surface area contributed by atoms with Crippen molar-refractivity contribution in [3.05, 3.63) is 78.6 Å². The molecule has 0 fully saturated rings. The Kier molecular flexibility index (Phi) is 6.67. The van der Waals surface area contributed by atoms with E-state index in [2.05, 4.69) is 15.2 Å². The number of hydrogen-bond donors (Lipinski definition) is 0. The molecule has 0 bridgehead atoms. The molecule has 9 heteroatoms. The predicted octanol–water partition coefficient (Wildman–Crippen LogP) is 4.03. The lowest BCUT2D eigenvalue weighted by Gasteiger charge is -2.29. The predicted molar refractivity (Wildman–Crippen MR) is 134 cm³/mol. The molecular formula is C26H25N5O3S. The van der Waals surface area contributed by atoms with Crippen LogP contribution in [0.4, 0.5) is 0 Å². The molecule has 0 aliphatic carbocycles. The molecule has 8 nitrogen and oxygen atoms in total. The summed E-state index contributed by atoms with van der Waals surface area (Å²) in [5.41, 5.74) is 2.90. The Morgan fingerprint density at radius 1 is 1.09 bits per heavy atom. The van der Waals surface area contributed by atoms with Gasteiger partial charge in [0.25, 0.3) is 0 Å². The number of aryl methyl sites for hydroxylation is 1. The van der Waals surface area contributed by atoms with Crippen molar-refractivity contribution in [3.63, 3.8) is 0 Å². The molecule has 0 spiro atoms. The number of ether oxygens (including phenoxy) is 2. The Morgan fingerprint density at radius 2 is 1.89 bits per heavy atom. The minimum absolute atomic E-state index is 0.0280. The van der Waals surface area contributed by atoms with E-state index in [4.69, 9.17) is 9.47 Å². The number of likely N-dealkylation sites (N-methyl/N-ethyl adjacent to an activating group) is 1. The largest absolute Gasteiger partial charge is 0.486 e. The molecule has 35 heavy (non-hydrogen) atoms. The third kappa shape index (κ3) is 5.00. The Hall–Kier alpha value is -3.85. The summed E-state index contributed by atoms with van der Waals surface area (Å²) >= 11 is 1.36. The van der Waals surface area contributed by atoms with Crippen molar-refractivity contribution in [3.8, 4) is 28.6 Å². The van der Waals surface area contributed by atoms with Crippen molar-refractivity contribution in [2.24, 2.45) is 0 Å².